The highest BCUT2D eigenvalue weighted by Crippen LogP contribution is 2.13. The van der Waals surface area contributed by atoms with Crippen LogP contribution in [0.25, 0.3) is 0 Å². The molecule has 1 aliphatic heterocycles. The summed E-state index contributed by atoms with van der Waals surface area (Å²) in [6.07, 6.45) is 0.741. The highest BCUT2D eigenvalue weighted by atomic mass is 79.9. The van der Waals surface area contributed by atoms with Crippen molar-refractivity contribution >= 4 is 27.7 Å². The van der Waals surface area contributed by atoms with Gasteiger partial charge in [0.2, 0.25) is 11.8 Å². The minimum Gasteiger partial charge on any atom is -0.300 e. The topological polar surface area (TPSA) is 40.6 Å². The Balaban J connectivity index is 1.81. The number of hydrogen-bond acceptors (Lipinski definition) is 3. The molecule has 4 nitrogen and oxygen atoms in total. The van der Waals surface area contributed by atoms with E-state index in [0.717, 1.165) is 11.0 Å². The zero-order valence-corrected chi connectivity index (χ0v) is 12.5. The number of carbonyl (C=O) groups excluding carboxylic acids is 2. The van der Waals surface area contributed by atoms with E-state index >= 15 is 0 Å². The summed E-state index contributed by atoms with van der Waals surface area (Å²) < 4.78 is 1.06. The van der Waals surface area contributed by atoms with Gasteiger partial charge in [-0.15, -0.1) is 0 Å². The monoisotopic (exact) mass is 324 g/mol. The Morgan fingerprint density at radius 3 is 2.32 bits per heavy atom. The highest BCUT2D eigenvalue weighted by molar-refractivity contribution is 9.10. The van der Waals surface area contributed by atoms with Gasteiger partial charge in [-0.25, -0.2) is 0 Å². The first-order chi connectivity index (χ1) is 9.06. The molecule has 1 fully saturated rings. The number of likely N-dealkylation sites (tertiary alicyclic amines) is 1. The molecule has 0 atom stereocenters. The third kappa shape index (κ3) is 3.88. The summed E-state index contributed by atoms with van der Waals surface area (Å²) in [4.78, 5) is 26.4. The first-order valence-corrected chi connectivity index (χ1v) is 7.12. The molecule has 1 aromatic carbocycles. The summed E-state index contributed by atoms with van der Waals surface area (Å²) in [7, 11) is 1.99. The van der Waals surface area contributed by atoms with Gasteiger partial charge in [0, 0.05) is 36.9 Å². The maximum atomic E-state index is 11.5. The van der Waals surface area contributed by atoms with Crippen LogP contribution in [-0.2, 0) is 16.1 Å². The number of halogens is 1. The Hall–Kier alpha value is -1.20. The van der Waals surface area contributed by atoms with Crippen molar-refractivity contribution in [3.8, 4) is 0 Å². The van der Waals surface area contributed by atoms with Crippen LogP contribution in [0.4, 0.5) is 0 Å². The van der Waals surface area contributed by atoms with Gasteiger partial charge in [-0.05, 0) is 24.7 Å². The van der Waals surface area contributed by atoms with Gasteiger partial charge in [0.1, 0.15) is 0 Å². The second-order valence-electron chi connectivity index (χ2n) is 4.80. The van der Waals surface area contributed by atoms with Gasteiger partial charge in [0.05, 0.1) is 0 Å². The van der Waals surface area contributed by atoms with Gasteiger partial charge in [0.15, 0.2) is 0 Å². The molecule has 19 heavy (non-hydrogen) atoms. The van der Waals surface area contributed by atoms with E-state index in [1.54, 1.807) is 0 Å². The van der Waals surface area contributed by atoms with E-state index in [2.05, 4.69) is 33.0 Å². The van der Waals surface area contributed by atoms with E-state index in [4.69, 9.17) is 0 Å². The van der Waals surface area contributed by atoms with Crippen LogP contribution >= 0.6 is 15.9 Å². The average molecular weight is 325 g/mol. The number of amides is 2. The van der Waals surface area contributed by atoms with Crippen molar-refractivity contribution in [2.24, 2.45) is 0 Å². The van der Waals surface area contributed by atoms with Gasteiger partial charge in [-0.1, -0.05) is 28.1 Å². The van der Waals surface area contributed by atoms with Crippen molar-refractivity contribution in [2.45, 2.75) is 19.4 Å². The quantitative estimate of drug-likeness (QED) is 0.778. The summed E-state index contributed by atoms with van der Waals surface area (Å²) in [6.45, 7) is 2.00. The predicted molar refractivity (Wildman–Crippen MR) is 76.4 cm³/mol. The van der Waals surface area contributed by atoms with Gasteiger partial charge in [-0.3, -0.25) is 14.5 Å². The Morgan fingerprint density at radius 1 is 1.16 bits per heavy atom. The number of hydrogen-bond donors (Lipinski definition) is 0. The molecule has 0 saturated carbocycles. The van der Waals surface area contributed by atoms with E-state index in [0.29, 0.717) is 25.9 Å². The number of carbonyl (C=O) groups is 2. The standard InChI is InChI=1S/C14H17BrN2O2/c1-16(10-11-2-4-12(15)5-3-11)8-9-17-13(18)6-7-14(17)19/h2-5H,6-10H2,1H3. The van der Waals surface area contributed by atoms with Crippen molar-refractivity contribution in [1.29, 1.82) is 0 Å². The molecule has 0 unspecified atom stereocenters. The zero-order valence-electron chi connectivity index (χ0n) is 10.9. The number of benzene rings is 1. The van der Waals surface area contributed by atoms with E-state index in [1.165, 1.54) is 10.5 Å². The summed E-state index contributed by atoms with van der Waals surface area (Å²) in [5.74, 6) is -0.0796. The highest BCUT2D eigenvalue weighted by Gasteiger charge is 2.28. The first kappa shape index (κ1) is 14.2. The van der Waals surface area contributed by atoms with E-state index < -0.39 is 0 Å². The average Bonchev–Trinajstić information content (AvgIpc) is 2.70. The van der Waals surface area contributed by atoms with E-state index in [1.807, 2.05) is 19.2 Å². The number of nitrogens with zero attached hydrogens (tertiary/aromatic N) is 2. The van der Waals surface area contributed by atoms with Crippen molar-refractivity contribution in [3.05, 3.63) is 34.3 Å². The lowest BCUT2D eigenvalue weighted by atomic mass is 10.2. The van der Waals surface area contributed by atoms with Crippen LogP contribution in [0.2, 0.25) is 0 Å². The Morgan fingerprint density at radius 2 is 1.74 bits per heavy atom. The minimum absolute atomic E-state index is 0.0398. The van der Waals surface area contributed by atoms with E-state index in [9.17, 15) is 9.59 Å². The largest absolute Gasteiger partial charge is 0.300 e. The van der Waals surface area contributed by atoms with Crippen LogP contribution in [0.1, 0.15) is 18.4 Å². The Labute approximate surface area is 121 Å². The Bertz CT molecular complexity index is 457. The van der Waals surface area contributed by atoms with Crippen molar-refractivity contribution in [2.75, 3.05) is 20.1 Å². The fourth-order valence-corrected chi connectivity index (χ4v) is 2.39. The maximum Gasteiger partial charge on any atom is 0.229 e. The van der Waals surface area contributed by atoms with Crippen LogP contribution in [0.5, 0.6) is 0 Å². The lowest BCUT2D eigenvalue weighted by Crippen LogP contribution is -2.36. The molecule has 1 aromatic rings. The van der Waals surface area contributed by atoms with Gasteiger partial charge >= 0.3 is 0 Å². The van der Waals surface area contributed by atoms with Crippen molar-refractivity contribution in [1.82, 2.24) is 9.80 Å². The summed E-state index contributed by atoms with van der Waals surface area (Å²) in [5, 5.41) is 0. The molecule has 0 N–H and O–H groups in total. The molecule has 0 radical (unpaired) electrons. The molecule has 0 bridgehead atoms. The third-order valence-corrected chi connectivity index (χ3v) is 3.75. The summed E-state index contributed by atoms with van der Waals surface area (Å²) in [5.41, 5.74) is 1.21. The molecule has 2 rings (SSSR count). The van der Waals surface area contributed by atoms with Crippen LogP contribution in [-0.4, -0.2) is 41.8 Å². The molecule has 102 valence electrons. The molecule has 1 saturated heterocycles. The smallest absolute Gasteiger partial charge is 0.229 e. The van der Waals surface area contributed by atoms with Gasteiger partial charge in [-0.2, -0.15) is 0 Å². The van der Waals surface area contributed by atoms with Crippen LogP contribution in [0, 0.1) is 0 Å². The number of rotatable bonds is 5. The molecule has 0 aliphatic carbocycles. The fourth-order valence-electron chi connectivity index (χ4n) is 2.12. The van der Waals surface area contributed by atoms with Crippen LogP contribution in [0.15, 0.2) is 28.7 Å². The molecule has 0 aromatic heterocycles. The second-order valence-corrected chi connectivity index (χ2v) is 5.72. The molecule has 1 heterocycles. The van der Waals surface area contributed by atoms with Crippen molar-refractivity contribution in [3.63, 3.8) is 0 Å². The molecular formula is C14H17BrN2O2. The summed E-state index contributed by atoms with van der Waals surface area (Å²) in [6, 6.07) is 8.15. The van der Waals surface area contributed by atoms with Gasteiger partial charge < -0.3 is 4.90 Å². The normalized spacial score (nSPS) is 15.6. The molecule has 0 spiro atoms. The molecule has 5 heteroatoms. The molecular weight excluding hydrogens is 308 g/mol. The van der Waals surface area contributed by atoms with Crippen LogP contribution < -0.4 is 0 Å². The molecule has 2 amide bonds. The SMILES string of the molecule is CN(CCN1C(=O)CCC1=O)Cc1ccc(Br)cc1. The fraction of sp³-hybridized carbons (Fsp3) is 0.429. The van der Waals surface area contributed by atoms with Crippen LogP contribution in [0.3, 0.4) is 0 Å². The lowest BCUT2D eigenvalue weighted by molar-refractivity contribution is -0.138. The van der Waals surface area contributed by atoms with Gasteiger partial charge in [0.25, 0.3) is 0 Å². The second kappa shape index (κ2) is 6.30. The summed E-state index contributed by atoms with van der Waals surface area (Å²) >= 11 is 3.41. The minimum atomic E-state index is -0.0398. The zero-order chi connectivity index (χ0) is 13.8. The molecule has 1 aliphatic rings. The lowest BCUT2D eigenvalue weighted by Gasteiger charge is -2.20. The number of imide groups is 1. The Kier molecular flexibility index (Phi) is 4.71. The van der Waals surface area contributed by atoms with E-state index in [-0.39, 0.29) is 11.8 Å². The first-order valence-electron chi connectivity index (χ1n) is 6.32. The third-order valence-electron chi connectivity index (χ3n) is 3.23. The maximum absolute atomic E-state index is 11.5. The van der Waals surface area contributed by atoms with Crippen molar-refractivity contribution < 1.29 is 9.59 Å². The predicted octanol–water partition coefficient (Wildman–Crippen LogP) is 2.03. The number of likely N-dealkylation sites (N-methyl/N-ethyl adjacent to an activating group) is 1.